The number of aromatic nitrogens is 1. The van der Waals surface area contributed by atoms with E-state index < -0.39 is 5.97 Å². The van der Waals surface area contributed by atoms with Crippen molar-refractivity contribution >= 4 is 22.4 Å². The van der Waals surface area contributed by atoms with Gasteiger partial charge in [0, 0.05) is 18.3 Å². The van der Waals surface area contributed by atoms with Crippen LogP contribution in [0, 0.1) is 0 Å². The highest BCUT2D eigenvalue weighted by Crippen LogP contribution is 2.18. The lowest BCUT2D eigenvalue weighted by atomic mass is 10.1. The van der Waals surface area contributed by atoms with Gasteiger partial charge < -0.3 is 10.4 Å². The predicted molar refractivity (Wildman–Crippen MR) is 81.2 cm³/mol. The molecule has 20 heavy (non-hydrogen) atoms. The monoisotopic (exact) mass is 290 g/mol. The van der Waals surface area contributed by atoms with Gasteiger partial charge in [-0.15, -0.1) is 11.3 Å². The zero-order valence-electron chi connectivity index (χ0n) is 11.4. The number of aryl methyl sites for hydroxylation is 2. The van der Waals surface area contributed by atoms with Gasteiger partial charge in [0.25, 0.3) is 0 Å². The summed E-state index contributed by atoms with van der Waals surface area (Å²) >= 11 is 1.52. The number of thiazole rings is 1. The molecule has 0 bridgehead atoms. The molecule has 0 radical (unpaired) electrons. The van der Waals surface area contributed by atoms with E-state index in [1.807, 2.05) is 11.4 Å². The van der Waals surface area contributed by atoms with E-state index in [9.17, 15) is 4.79 Å². The van der Waals surface area contributed by atoms with Crippen LogP contribution in [0.2, 0.25) is 0 Å². The first kappa shape index (κ1) is 14.5. The first-order chi connectivity index (χ1) is 9.69. The largest absolute Gasteiger partial charge is 0.481 e. The molecule has 0 atom stereocenters. The summed E-state index contributed by atoms with van der Waals surface area (Å²) in [6.07, 6.45) is 1.63. The maximum absolute atomic E-state index is 10.5. The van der Waals surface area contributed by atoms with E-state index in [0.717, 1.165) is 23.8 Å². The molecule has 4 nitrogen and oxygen atoms in total. The smallest absolute Gasteiger partial charge is 0.303 e. The second-order valence-corrected chi connectivity index (χ2v) is 5.37. The molecule has 0 unspecified atom stereocenters. The van der Waals surface area contributed by atoms with Gasteiger partial charge >= 0.3 is 5.97 Å². The van der Waals surface area contributed by atoms with Crippen LogP contribution in [0.4, 0.5) is 5.13 Å². The number of aliphatic carboxylic acids is 1. The summed E-state index contributed by atoms with van der Waals surface area (Å²) < 4.78 is 0. The molecular weight excluding hydrogens is 272 g/mol. The Bertz CT molecular complexity index is 581. The molecule has 1 aromatic heterocycles. The van der Waals surface area contributed by atoms with Crippen LogP contribution in [-0.4, -0.2) is 16.1 Å². The first-order valence-corrected chi connectivity index (χ1v) is 7.54. The number of hydrogen-bond donors (Lipinski definition) is 2. The highest BCUT2D eigenvalue weighted by Gasteiger charge is 2.05. The summed E-state index contributed by atoms with van der Waals surface area (Å²) in [6, 6.07) is 8.34. The number of anilines is 1. The topological polar surface area (TPSA) is 62.2 Å². The molecule has 2 N–H and O–H groups in total. The summed E-state index contributed by atoms with van der Waals surface area (Å²) in [5.41, 5.74) is 3.45. The van der Waals surface area contributed by atoms with Crippen molar-refractivity contribution in [3.8, 4) is 0 Å². The molecule has 2 rings (SSSR count). The number of rotatable bonds is 7. The van der Waals surface area contributed by atoms with Crippen molar-refractivity contribution in [2.45, 2.75) is 32.7 Å². The van der Waals surface area contributed by atoms with E-state index in [1.165, 1.54) is 22.5 Å². The van der Waals surface area contributed by atoms with Crippen LogP contribution in [0.1, 0.15) is 30.2 Å². The van der Waals surface area contributed by atoms with Crippen LogP contribution in [0.3, 0.4) is 0 Å². The number of carbonyl (C=O) groups is 1. The predicted octanol–water partition coefficient (Wildman–Crippen LogP) is 3.33. The van der Waals surface area contributed by atoms with E-state index in [2.05, 4.69) is 35.4 Å². The van der Waals surface area contributed by atoms with E-state index in [4.69, 9.17) is 5.11 Å². The second-order valence-electron chi connectivity index (χ2n) is 4.51. The number of nitrogens with zero attached hydrogens (tertiary/aromatic N) is 1. The van der Waals surface area contributed by atoms with E-state index >= 15 is 0 Å². The van der Waals surface area contributed by atoms with Crippen LogP contribution >= 0.6 is 11.3 Å². The van der Waals surface area contributed by atoms with Gasteiger partial charge in [-0.05, 0) is 17.5 Å². The zero-order valence-corrected chi connectivity index (χ0v) is 12.2. The van der Waals surface area contributed by atoms with Crippen LogP contribution in [0.5, 0.6) is 0 Å². The lowest BCUT2D eigenvalue weighted by molar-refractivity contribution is -0.136. The van der Waals surface area contributed by atoms with Crippen molar-refractivity contribution in [1.29, 1.82) is 0 Å². The maximum Gasteiger partial charge on any atom is 0.303 e. The molecule has 0 spiro atoms. The van der Waals surface area contributed by atoms with Gasteiger partial charge in [-0.25, -0.2) is 4.98 Å². The molecule has 0 amide bonds. The van der Waals surface area contributed by atoms with Crippen molar-refractivity contribution in [3.05, 3.63) is 46.5 Å². The van der Waals surface area contributed by atoms with Gasteiger partial charge in [0.05, 0.1) is 12.1 Å². The third-order valence-electron chi connectivity index (χ3n) is 3.08. The zero-order chi connectivity index (χ0) is 14.4. The molecule has 0 aliphatic carbocycles. The Morgan fingerprint density at radius 3 is 2.80 bits per heavy atom. The Hall–Kier alpha value is -1.88. The Morgan fingerprint density at radius 2 is 2.10 bits per heavy atom. The van der Waals surface area contributed by atoms with Gasteiger partial charge in [-0.1, -0.05) is 31.2 Å². The number of nitrogens with one attached hydrogen (secondary N) is 1. The van der Waals surface area contributed by atoms with Crippen molar-refractivity contribution < 1.29 is 9.90 Å². The summed E-state index contributed by atoms with van der Waals surface area (Å²) in [7, 11) is 0. The van der Waals surface area contributed by atoms with E-state index in [-0.39, 0.29) is 6.42 Å². The maximum atomic E-state index is 10.5. The SMILES string of the molecule is CCc1ccccc1CNc1nc(CCC(=O)O)cs1. The van der Waals surface area contributed by atoms with Gasteiger partial charge in [0.2, 0.25) is 0 Å². The lowest BCUT2D eigenvalue weighted by Gasteiger charge is -2.07. The third-order valence-corrected chi connectivity index (χ3v) is 3.92. The lowest BCUT2D eigenvalue weighted by Crippen LogP contribution is -2.02. The van der Waals surface area contributed by atoms with Crippen molar-refractivity contribution in [2.24, 2.45) is 0 Å². The summed E-state index contributed by atoms with van der Waals surface area (Å²) in [5.74, 6) is -0.788. The highest BCUT2D eigenvalue weighted by atomic mass is 32.1. The Balaban J connectivity index is 1.92. The molecule has 1 aromatic carbocycles. The summed E-state index contributed by atoms with van der Waals surface area (Å²) in [4.78, 5) is 14.9. The third kappa shape index (κ3) is 4.06. The molecule has 0 saturated heterocycles. The Morgan fingerprint density at radius 1 is 1.35 bits per heavy atom. The molecule has 0 aliphatic rings. The first-order valence-electron chi connectivity index (χ1n) is 6.66. The number of hydrogen-bond acceptors (Lipinski definition) is 4. The summed E-state index contributed by atoms with van der Waals surface area (Å²) in [6.45, 7) is 2.89. The van der Waals surface area contributed by atoms with Gasteiger partial charge in [-0.3, -0.25) is 4.79 Å². The van der Waals surface area contributed by atoms with Crippen LogP contribution in [0.15, 0.2) is 29.6 Å². The van der Waals surface area contributed by atoms with Gasteiger partial charge in [-0.2, -0.15) is 0 Å². The highest BCUT2D eigenvalue weighted by molar-refractivity contribution is 7.13. The molecular formula is C15H18N2O2S. The minimum absolute atomic E-state index is 0.127. The van der Waals surface area contributed by atoms with Crippen molar-refractivity contribution in [3.63, 3.8) is 0 Å². The fourth-order valence-electron chi connectivity index (χ4n) is 1.98. The minimum atomic E-state index is -0.788. The molecule has 1 heterocycles. The van der Waals surface area contributed by atoms with E-state index in [0.29, 0.717) is 6.42 Å². The molecule has 0 fully saturated rings. The fraction of sp³-hybridized carbons (Fsp3) is 0.333. The Kier molecular flexibility index (Phi) is 5.12. The van der Waals surface area contributed by atoms with Crippen LogP contribution in [-0.2, 0) is 24.2 Å². The minimum Gasteiger partial charge on any atom is -0.481 e. The molecule has 2 aromatic rings. The van der Waals surface area contributed by atoms with Crippen molar-refractivity contribution in [1.82, 2.24) is 4.98 Å². The standard InChI is InChI=1S/C15H18N2O2S/c1-2-11-5-3-4-6-12(11)9-16-15-17-13(10-20-15)7-8-14(18)19/h3-6,10H,2,7-9H2,1H3,(H,16,17)(H,18,19). The average Bonchev–Trinajstić information content (AvgIpc) is 2.91. The van der Waals surface area contributed by atoms with Gasteiger partial charge in [0.15, 0.2) is 5.13 Å². The second kappa shape index (κ2) is 7.05. The fourth-order valence-corrected chi connectivity index (χ4v) is 2.73. The van der Waals surface area contributed by atoms with Gasteiger partial charge in [0.1, 0.15) is 0 Å². The Labute approximate surface area is 122 Å². The van der Waals surface area contributed by atoms with Crippen LogP contribution < -0.4 is 5.32 Å². The normalized spacial score (nSPS) is 10.4. The molecule has 0 saturated carbocycles. The van der Waals surface area contributed by atoms with E-state index in [1.54, 1.807) is 0 Å². The molecule has 5 heteroatoms. The average molecular weight is 290 g/mol. The van der Waals surface area contributed by atoms with Crippen molar-refractivity contribution in [2.75, 3.05) is 5.32 Å². The molecule has 106 valence electrons. The number of carboxylic acid groups (broad SMARTS) is 1. The summed E-state index contributed by atoms with van der Waals surface area (Å²) in [5, 5.41) is 14.7. The number of carboxylic acids is 1. The number of benzene rings is 1. The molecule has 0 aliphatic heterocycles. The van der Waals surface area contributed by atoms with Crippen LogP contribution in [0.25, 0.3) is 0 Å². The quantitative estimate of drug-likeness (QED) is 0.821.